The number of aryl methyl sites for hydroxylation is 2. The number of carbonyl (C=O) groups is 1. The van der Waals surface area contributed by atoms with Gasteiger partial charge in [0, 0.05) is 33.3 Å². The minimum Gasteiger partial charge on any atom is -0.460 e. The molecule has 3 heterocycles. The standard InChI is InChI=1S/C21H17NO4S2/c1-12-5-17-15(7-20(24)26-18(17)6-13(12)2)9-25-19(23)8-16-11-28-21(22-16)14-3-4-27-10-14/h3-7,10-11H,8-9H2,1-2H3. The maximum absolute atomic E-state index is 12.3. The fraction of sp³-hybridized carbons (Fsp3) is 0.190. The van der Waals surface area contributed by atoms with Gasteiger partial charge in [-0.15, -0.1) is 11.3 Å². The van der Waals surface area contributed by atoms with E-state index in [2.05, 4.69) is 4.98 Å². The molecule has 4 aromatic rings. The Hall–Kier alpha value is -2.77. The highest BCUT2D eigenvalue weighted by Crippen LogP contribution is 2.26. The molecule has 3 aromatic heterocycles. The van der Waals surface area contributed by atoms with Crippen molar-refractivity contribution in [3.05, 3.63) is 73.2 Å². The van der Waals surface area contributed by atoms with E-state index in [0.717, 1.165) is 27.1 Å². The molecule has 0 amide bonds. The summed E-state index contributed by atoms with van der Waals surface area (Å²) in [4.78, 5) is 28.6. The lowest BCUT2D eigenvalue weighted by molar-refractivity contribution is -0.144. The maximum Gasteiger partial charge on any atom is 0.336 e. The topological polar surface area (TPSA) is 69.4 Å². The van der Waals surface area contributed by atoms with Gasteiger partial charge in [-0.3, -0.25) is 4.79 Å². The van der Waals surface area contributed by atoms with Crippen LogP contribution in [0.15, 0.2) is 49.6 Å². The van der Waals surface area contributed by atoms with Crippen molar-refractivity contribution in [3.8, 4) is 10.6 Å². The Morgan fingerprint density at radius 2 is 2.00 bits per heavy atom. The third-order valence-electron chi connectivity index (χ3n) is 4.48. The van der Waals surface area contributed by atoms with E-state index >= 15 is 0 Å². The van der Waals surface area contributed by atoms with E-state index in [1.54, 1.807) is 11.3 Å². The second kappa shape index (κ2) is 7.69. The van der Waals surface area contributed by atoms with E-state index in [0.29, 0.717) is 16.8 Å². The zero-order chi connectivity index (χ0) is 19.7. The summed E-state index contributed by atoms with van der Waals surface area (Å²) in [5, 5.41) is 7.56. The van der Waals surface area contributed by atoms with Gasteiger partial charge in [0.2, 0.25) is 0 Å². The fourth-order valence-electron chi connectivity index (χ4n) is 2.87. The molecule has 5 nitrogen and oxygen atoms in total. The summed E-state index contributed by atoms with van der Waals surface area (Å²) in [6, 6.07) is 7.16. The van der Waals surface area contributed by atoms with Crippen LogP contribution in [0.3, 0.4) is 0 Å². The predicted octanol–water partition coefficient (Wildman–Crippen LogP) is 4.88. The van der Waals surface area contributed by atoms with E-state index in [1.807, 2.05) is 48.2 Å². The van der Waals surface area contributed by atoms with Gasteiger partial charge in [-0.05, 0) is 48.6 Å². The average Bonchev–Trinajstić information content (AvgIpc) is 3.32. The quantitative estimate of drug-likeness (QED) is 0.346. The van der Waals surface area contributed by atoms with Gasteiger partial charge >= 0.3 is 11.6 Å². The molecule has 0 fully saturated rings. The molecule has 0 aliphatic carbocycles. The Bertz CT molecular complexity index is 1210. The van der Waals surface area contributed by atoms with E-state index in [9.17, 15) is 9.59 Å². The molecular weight excluding hydrogens is 394 g/mol. The van der Waals surface area contributed by atoms with Crippen LogP contribution in [0.1, 0.15) is 22.4 Å². The first kappa shape index (κ1) is 18.6. The monoisotopic (exact) mass is 411 g/mol. The Balaban J connectivity index is 1.48. The van der Waals surface area contributed by atoms with Crippen LogP contribution in [0, 0.1) is 13.8 Å². The number of carbonyl (C=O) groups excluding carboxylic acids is 1. The number of thiophene rings is 1. The van der Waals surface area contributed by atoms with Gasteiger partial charge in [-0.1, -0.05) is 0 Å². The smallest absolute Gasteiger partial charge is 0.336 e. The molecule has 142 valence electrons. The van der Waals surface area contributed by atoms with Gasteiger partial charge in [0.1, 0.15) is 17.2 Å². The van der Waals surface area contributed by atoms with Crippen molar-refractivity contribution in [1.82, 2.24) is 4.98 Å². The van der Waals surface area contributed by atoms with E-state index in [1.165, 1.54) is 17.4 Å². The lowest BCUT2D eigenvalue weighted by Gasteiger charge is -2.09. The molecular formula is C21H17NO4S2. The third-order valence-corrected chi connectivity index (χ3v) is 6.10. The summed E-state index contributed by atoms with van der Waals surface area (Å²) in [5.74, 6) is -0.382. The van der Waals surface area contributed by atoms with Crippen LogP contribution in [-0.2, 0) is 22.6 Å². The Kier molecular flexibility index (Phi) is 5.11. The first-order chi connectivity index (χ1) is 13.5. The van der Waals surface area contributed by atoms with Gasteiger partial charge in [-0.25, -0.2) is 9.78 Å². The molecule has 0 N–H and O–H groups in total. The highest BCUT2D eigenvalue weighted by Gasteiger charge is 2.13. The number of rotatable bonds is 5. The van der Waals surface area contributed by atoms with E-state index < -0.39 is 5.63 Å². The molecule has 0 saturated heterocycles. The van der Waals surface area contributed by atoms with Gasteiger partial charge in [0.05, 0.1) is 12.1 Å². The molecule has 1 aromatic carbocycles. The van der Waals surface area contributed by atoms with Crippen LogP contribution in [0.2, 0.25) is 0 Å². The predicted molar refractivity (Wildman–Crippen MR) is 111 cm³/mol. The zero-order valence-corrected chi connectivity index (χ0v) is 17.0. The van der Waals surface area contributed by atoms with E-state index in [-0.39, 0.29) is 19.0 Å². The zero-order valence-electron chi connectivity index (χ0n) is 15.4. The summed E-state index contributed by atoms with van der Waals surface area (Å²) in [5.41, 5.74) is 4.54. The van der Waals surface area contributed by atoms with Crippen LogP contribution >= 0.6 is 22.7 Å². The lowest BCUT2D eigenvalue weighted by atomic mass is 10.0. The van der Waals surface area contributed by atoms with E-state index in [4.69, 9.17) is 9.15 Å². The molecule has 0 atom stereocenters. The van der Waals surface area contributed by atoms with Crippen LogP contribution in [0.5, 0.6) is 0 Å². The molecule has 7 heteroatoms. The Morgan fingerprint density at radius 3 is 2.79 bits per heavy atom. The molecule has 0 unspecified atom stereocenters. The van der Waals surface area contributed by atoms with Crippen molar-refractivity contribution in [2.24, 2.45) is 0 Å². The Morgan fingerprint density at radius 1 is 1.18 bits per heavy atom. The second-order valence-electron chi connectivity index (χ2n) is 6.52. The minimum absolute atomic E-state index is 0.0188. The number of ether oxygens (including phenoxy) is 1. The van der Waals surface area contributed by atoms with Crippen molar-refractivity contribution in [1.29, 1.82) is 0 Å². The molecule has 28 heavy (non-hydrogen) atoms. The highest BCUT2D eigenvalue weighted by molar-refractivity contribution is 7.14. The summed E-state index contributed by atoms with van der Waals surface area (Å²) in [7, 11) is 0. The first-order valence-corrected chi connectivity index (χ1v) is 10.5. The van der Waals surface area contributed by atoms with Crippen molar-refractivity contribution in [2.45, 2.75) is 26.9 Å². The Labute approximate surface area is 169 Å². The van der Waals surface area contributed by atoms with Crippen LogP contribution in [-0.4, -0.2) is 11.0 Å². The third kappa shape index (κ3) is 3.90. The highest BCUT2D eigenvalue weighted by atomic mass is 32.1. The number of hydrogen-bond donors (Lipinski definition) is 0. The number of hydrogen-bond acceptors (Lipinski definition) is 7. The summed E-state index contributed by atoms with van der Waals surface area (Å²) < 4.78 is 10.7. The largest absolute Gasteiger partial charge is 0.460 e. The average molecular weight is 412 g/mol. The summed E-state index contributed by atoms with van der Waals surface area (Å²) >= 11 is 3.11. The van der Waals surface area contributed by atoms with Gasteiger partial charge < -0.3 is 9.15 Å². The van der Waals surface area contributed by atoms with Gasteiger partial charge in [-0.2, -0.15) is 11.3 Å². The van der Waals surface area contributed by atoms with Crippen molar-refractivity contribution < 1.29 is 13.9 Å². The normalized spacial score (nSPS) is 11.1. The summed E-state index contributed by atoms with van der Waals surface area (Å²) in [6.45, 7) is 3.97. The fourth-order valence-corrected chi connectivity index (χ4v) is 4.40. The number of nitrogens with zero attached hydrogens (tertiary/aromatic N) is 1. The van der Waals surface area contributed by atoms with Crippen LogP contribution in [0.4, 0.5) is 0 Å². The summed E-state index contributed by atoms with van der Waals surface area (Å²) in [6.07, 6.45) is 0.0954. The first-order valence-electron chi connectivity index (χ1n) is 8.66. The molecule has 0 bridgehead atoms. The number of esters is 1. The number of aromatic nitrogens is 1. The molecule has 0 saturated carbocycles. The van der Waals surface area contributed by atoms with Crippen molar-refractivity contribution in [2.75, 3.05) is 0 Å². The minimum atomic E-state index is -0.457. The van der Waals surface area contributed by atoms with Crippen molar-refractivity contribution in [3.63, 3.8) is 0 Å². The molecule has 0 radical (unpaired) electrons. The lowest BCUT2D eigenvalue weighted by Crippen LogP contribution is -2.10. The van der Waals surface area contributed by atoms with Crippen molar-refractivity contribution >= 4 is 39.6 Å². The maximum atomic E-state index is 12.3. The molecule has 0 aliphatic rings. The number of benzene rings is 1. The van der Waals surface area contributed by atoms with Crippen LogP contribution in [0.25, 0.3) is 21.5 Å². The van der Waals surface area contributed by atoms with Gasteiger partial charge in [0.25, 0.3) is 0 Å². The molecule has 0 spiro atoms. The van der Waals surface area contributed by atoms with Gasteiger partial charge in [0.15, 0.2) is 0 Å². The SMILES string of the molecule is Cc1cc2oc(=O)cc(COC(=O)Cc3csc(-c4ccsc4)n3)c2cc1C. The second-order valence-corrected chi connectivity index (χ2v) is 8.15. The number of thiazole rings is 1. The molecule has 4 rings (SSSR count). The van der Waals surface area contributed by atoms with Crippen LogP contribution < -0.4 is 5.63 Å². The number of fused-ring (bicyclic) bond motifs is 1. The molecule has 0 aliphatic heterocycles.